The molecule has 2 atom stereocenters. The van der Waals surface area contributed by atoms with Crippen LogP contribution in [0.4, 0.5) is 0 Å². The van der Waals surface area contributed by atoms with Crippen molar-refractivity contribution in [1.82, 2.24) is 0 Å². The first-order chi connectivity index (χ1) is 10.9. The van der Waals surface area contributed by atoms with Crippen molar-refractivity contribution < 1.29 is 14.7 Å². The van der Waals surface area contributed by atoms with Crippen molar-refractivity contribution in [3.05, 3.63) is 69.7 Å². The van der Waals surface area contributed by atoms with Gasteiger partial charge < -0.3 is 5.11 Å². The zero-order valence-electron chi connectivity index (χ0n) is 12.5. The average molecular weight is 351 g/mol. The summed E-state index contributed by atoms with van der Waals surface area (Å²) in [6, 6.07) is 13.5. The average Bonchev–Trinajstić information content (AvgIpc) is 2.52. The fourth-order valence-corrected chi connectivity index (χ4v) is 2.71. The molecular formula is C18H16Cl2O3. The number of carbonyl (C=O) groups is 2. The molecule has 0 fully saturated rings. The largest absolute Gasteiger partial charge is 0.481 e. The van der Waals surface area contributed by atoms with Crippen LogP contribution in [0.25, 0.3) is 0 Å². The van der Waals surface area contributed by atoms with Crippen LogP contribution in [0.15, 0.2) is 48.5 Å². The quantitative estimate of drug-likeness (QED) is 0.739. The van der Waals surface area contributed by atoms with Gasteiger partial charge in [-0.2, -0.15) is 0 Å². The zero-order valence-corrected chi connectivity index (χ0v) is 14.0. The van der Waals surface area contributed by atoms with Gasteiger partial charge in [-0.1, -0.05) is 42.3 Å². The van der Waals surface area contributed by atoms with Crippen LogP contribution < -0.4 is 0 Å². The second-order valence-corrected chi connectivity index (χ2v) is 6.33. The van der Waals surface area contributed by atoms with E-state index in [0.717, 1.165) is 0 Å². The van der Waals surface area contributed by atoms with E-state index in [1.54, 1.807) is 55.5 Å². The molecule has 23 heavy (non-hydrogen) atoms. The van der Waals surface area contributed by atoms with E-state index in [-0.39, 0.29) is 12.2 Å². The number of rotatable bonds is 6. The molecule has 0 saturated heterocycles. The Balaban J connectivity index is 2.38. The van der Waals surface area contributed by atoms with Crippen LogP contribution in [-0.4, -0.2) is 16.9 Å². The van der Waals surface area contributed by atoms with Gasteiger partial charge in [0.2, 0.25) is 0 Å². The molecule has 0 aliphatic rings. The molecule has 2 rings (SSSR count). The summed E-state index contributed by atoms with van der Waals surface area (Å²) < 4.78 is 0. The molecule has 3 nitrogen and oxygen atoms in total. The van der Waals surface area contributed by atoms with Crippen LogP contribution in [0.2, 0.25) is 10.0 Å². The third-order valence-corrected chi connectivity index (χ3v) is 4.19. The molecule has 0 bridgehead atoms. The minimum Gasteiger partial charge on any atom is -0.481 e. The van der Waals surface area contributed by atoms with Crippen LogP contribution in [0.3, 0.4) is 0 Å². The van der Waals surface area contributed by atoms with E-state index in [0.29, 0.717) is 21.2 Å². The molecule has 0 radical (unpaired) electrons. The number of hydrogen-bond donors (Lipinski definition) is 1. The number of carboxylic acid groups (broad SMARTS) is 1. The molecule has 0 aliphatic carbocycles. The molecule has 0 spiro atoms. The maximum atomic E-state index is 12.8. The molecule has 2 aromatic rings. The lowest BCUT2D eigenvalue weighted by Gasteiger charge is -2.19. The summed E-state index contributed by atoms with van der Waals surface area (Å²) in [6.07, 6.45) is 0.205. The Labute approximate surface area is 144 Å². The van der Waals surface area contributed by atoms with Crippen molar-refractivity contribution in [1.29, 1.82) is 0 Å². The van der Waals surface area contributed by atoms with Crippen LogP contribution >= 0.6 is 23.2 Å². The van der Waals surface area contributed by atoms with Gasteiger partial charge in [0.1, 0.15) is 0 Å². The summed E-state index contributed by atoms with van der Waals surface area (Å²) in [6.45, 7) is 1.59. The number of ketones is 1. The Hall–Kier alpha value is -1.84. The molecule has 2 aromatic carbocycles. The number of halogens is 2. The summed E-state index contributed by atoms with van der Waals surface area (Å²) >= 11 is 11.9. The highest BCUT2D eigenvalue weighted by molar-refractivity contribution is 6.31. The van der Waals surface area contributed by atoms with Gasteiger partial charge in [0.15, 0.2) is 5.78 Å². The van der Waals surface area contributed by atoms with Crippen molar-refractivity contribution in [2.45, 2.75) is 19.3 Å². The Morgan fingerprint density at radius 3 is 2.26 bits per heavy atom. The second-order valence-electron chi connectivity index (χ2n) is 5.45. The highest BCUT2D eigenvalue weighted by atomic mass is 35.5. The molecule has 0 aromatic heterocycles. The van der Waals surface area contributed by atoms with Crippen molar-refractivity contribution in [2.24, 2.45) is 5.92 Å². The molecule has 0 saturated carbocycles. The number of hydrogen-bond acceptors (Lipinski definition) is 2. The highest BCUT2D eigenvalue weighted by Gasteiger charge is 2.27. The van der Waals surface area contributed by atoms with Crippen molar-refractivity contribution in [3.63, 3.8) is 0 Å². The molecule has 5 heteroatoms. The van der Waals surface area contributed by atoms with Crippen LogP contribution in [0.5, 0.6) is 0 Å². The van der Waals surface area contributed by atoms with Gasteiger partial charge in [-0.25, -0.2) is 0 Å². The maximum absolute atomic E-state index is 12.8. The first kappa shape index (κ1) is 17.5. The van der Waals surface area contributed by atoms with E-state index in [2.05, 4.69) is 0 Å². The summed E-state index contributed by atoms with van der Waals surface area (Å²) in [5.74, 6) is -2.28. The zero-order chi connectivity index (χ0) is 17.0. The summed E-state index contributed by atoms with van der Waals surface area (Å²) in [5.41, 5.74) is 1.21. The minimum atomic E-state index is -0.930. The number of carbonyl (C=O) groups excluding carboxylic acids is 1. The Morgan fingerprint density at radius 1 is 1.04 bits per heavy atom. The maximum Gasteiger partial charge on any atom is 0.306 e. The first-order valence-corrected chi connectivity index (χ1v) is 7.92. The predicted molar refractivity (Wildman–Crippen MR) is 91.4 cm³/mol. The SMILES string of the molecule is CC(CC(C(=O)c1ccc(Cl)cc1)c1cccc(Cl)c1)C(=O)O. The monoisotopic (exact) mass is 350 g/mol. The number of benzene rings is 2. The van der Waals surface area contributed by atoms with Gasteiger partial charge in [-0.15, -0.1) is 0 Å². The van der Waals surface area contributed by atoms with Gasteiger partial charge in [0, 0.05) is 21.5 Å². The van der Waals surface area contributed by atoms with E-state index >= 15 is 0 Å². The van der Waals surface area contributed by atoms with Gasteiger partial charge in [-0.05, 0) is 48.4 Å². The summed E-state index contributed by atoms with van der Waals surface area (Å²) in [5, 5.41) is 10.2. The number of Topliss-reactive ketones (excluding diaryl/α,β-unsaturated/α-hetero) is 1. The first-order valence-electron chi connectivity index (χ1n) is 7.16. The topological polar surface area (TPSA) is 54.4 Å². The van der Waals surface area contributed by atoms with E-state index in [9.17, 15) is 9.59 Å². The fraction of sp³-hybridized carbons (Fsp3) is 0.222. The molecule has 0 amide bonds. The van der Waals surface area contributed by atoms with Gasteiger partial charge in [-0.3, -0.25) is 9.59 Å². The summed E-state index contributed by atoms with van der Waals surface area (Å²) in [4.78, 5) is 24.0. The lowest BCUT2D eigenvalue weighted by Crippen LogP contribution is -2.20. The van der Waals surface area contributed by atoms with Gasteiger partial charge in [0.05, 0.1) is 5.92 Å². The van der Waals surface area contributed by atoms with E-state index in [1.807, 2.05) is 0 Å². The summed E-state index contributed by atoms with van der Waals surface area (Å²) in [7, 11) is 0. The van der Waals surface area contributed by atoms with Crippen LogP contribution in [0, 0.1) is 5.92 Å². The minimum absolute atomic E-state index is 0.142. The molecule has 2 unspecified atom stereocenters. The van der Waals surface area contributed by atoms with E-state index in [1.165, 1.54) is 0 Å². The third kappa shape index (κ3) is 4.57. The number of carboxylic acids is 1. The second kappa shape index (κ2) is 7.62. The lowest BCUT2D eigenvalue weighted by molar-refractivity contribution is -0.141. The highest BCUT2D eigenvalue weighted by Crippen LogP contribution is 2.30. The Morgan fingerprint density at radius 2 is 1.70 bits per heavy atom. The van der Waals surface area contributed by atoms with Gasteiger partial charge >= 0.3 is 5.97 Å². The molecule has 0 heterocycles. The number of aliphatic carboxylic acids is 1. The van der Waals surface area contributed by atoms with Crippen molar-refractivity contribution in [2.75, 3.05) is 0 Å². The fourth-order valence-electron chi connectivity index (χ4n) is 2.39. The van der Waals surface area contributed by atoms with Crippen LogP contribution in [0.1, 0.15) is 35.2 Å². The van der Waals surface area contributed by atoms with Crippen LogP contribution in [-0.2, 0) is 4.79 Å². The smallest absolute Gasteiger partial charge is 0.306 e. The Bertz CT molecular complexity index is 710. The predicted octanol–water partition coefficient (Wildman–Crippen LogP) is 5.07. The lowest BCUT2D eigenvalue weighted by atomic mass is 9.84. The van der Waals surface area contributed by atoms with E-state index in [4.69, 9.17) is 28.3 Å². The van der Waals surface area contributed by atoms with Gasteiger partial charge in [0.25, 0.3) is 0 Å². The molecular weight excluding hydrogens is 335 g/mol. The molecule has 120 valence electrons. The third-order valence-electron chi connectivity index (χ3n) is 3.71. The van der Waals surface area contributed by atoms with Crippen molar-refractivity contribution >= 4 is 35.0 Å². The van der Waals surface area contributed by atoms with Crippen molar-refractivity contribution in [3.8, 4) is 0 Å². The molecule has 1 N–H and O–H groups in total. The normalized spacial score (nSPS) is 13.3. The Kier molecular flexibility index (Phi) is 5.80. The standard InChI is InChI=1S/C18H16Cl2O3/c1-11(18(22)23)9-16(13-3-2-4-15(20)10-13)17(21)12-5-7-14(19)8-6-12/h2-8,10-11,16H,9H2,1H3,(H,22,23). The molecule has 0 aliphatic heterocycles. The van der Waals surface area contributed by atoms with E-state index < -0.39 is 17.8 Å².